The van der Waals surface area contributed by atoms with Gasteiger partial charge in [-0.15, -0.1) is 0 Å². The Kier molecular flexibility index (Phi) is 7.30. The lowest BCUT2D eigenvalue weighted by Gasteiger charge is -2.15. The van der Waals surface area contributed by atoms with Crippen LogP contribution in [0, 0.1) is 11.7 Å². The predicted molar refractivity (Wildman–Crippen MR) is 118 cm³/mol. The number of aryl methyl sites for hydroxylation is 2. The summed E-state index contributed by atoms with van der Waals surface area (Å²) in [6.45, 7) is 7.84. The lowest BCUT2D eigenvalue weighted by Crippen LogP contribution is -2.17. The van der Waals surface area contributed by atoms with Gasteiger partial charge in [-0.3, -0.25) is 5.10 Å². The maximum absolute atomic E-state index is 6.01. The normalized spacial score (nSPS) is 10.7. The number of hydrogen-bond acceptors (Lipinski definition) is 5. The molecule has 0 atom stereocenters. The number of benzene rings is 2. The Morgan fingerprint density at radius 1 is 1.03 bits per heavy atom. The van der Waals surface area contributed by atoms with Gasteiger partial charge in [0.1, 0.15) is 6.61 Å². The van der Waals surface area contributed by atoms with E-state index in [1.807, 2.05) is 29.8 Å². The third-order valence-corrected chi connectivity index (χ3v) is 4.75. The van der Waals surface area contributed by atoms with Gasteiger partial charge in [-0.05, 0) is 55.7 Å². The van der Waals surface area contributed by atoms with Crippen LogP contribution in [0.1, 0.15) is 42.8 Å². The Labute approximate surface area is 176 Å². The van der Waals surface area contributed by atoms with Crippen LogP contribution in [-0.4, -0.2) is 21.5 Å². The van der Waals surface area contributed by atoms with Crippen LogP contribution in [0.25, 0.3) is 0 Å². The van der Waals surface area contributed by atoms with E-state index < -0.39 is 0 Å². The Morgan fingerprint density at radius 2 is 1.79 bits per heavy atom. The summed E-state index contributed by atoms with van der Waals surface area (Å²) >= 11 is 5.32. The fourth-order valence-electron chi connectivity index (χ4n) is 2.95. The van der Waals surface area contributed by atoms with E-state index in [1.54, 1.807) is 0 Å². The number of nitrogens with zero attached hydrogens (tertiary/aromatic N) is 2. The van der Waals surface area contributed by atoms with Crippen molar-refractivity contribution in [3.8, 4) is 11.5 Å². The summed E-state index contributed by atoms with van der Waals surface area (Å²) in [5.74, 6) is 2.38. The molecule has 0 saturated carbocycles. The van der Waals surface area contributed by atoms with E-state index in [9.17, 15) is 0 Å². The first-order chi connectivity index (χ1) is 14.1. The first kappa shape index (κ1) is 20.9. The molecular weight excluding hydrogens is 384 g/mol. The van der Waals surface area contributed by atoms with Gasteiger partial charge in [0.05, 0.1) is 13.2 Å². The highest BCUT2D eigenvalue weighted by molar-refractivity contribution is 7.71. The minimum absolute atomic E-state index is 0.502. The molecule has 3 aromatic rings. The highest BCUT2D eigenvalue weighted by atomic mass is 32.1. The number of rotatable bonds is 10. The van der Waals surface area contributed by atoms with Gasteiger partial charge in [-0.25, -0.2) is 4.68 Å². The van der Waals surface area contributed by atoms with Crippen LogP contribution < -0.4 is 14.9 Å². The smallest absolute Gasteiger partial charge is 0.214 e. The molecule has 3 rings (SSSR count). The Morgan fingerprint density at radius 3 is 2.52 bits per heavy atom. The maximum atomic E-state index is 6.01. The average Bonchev–Trinajstić information content (AvgIpc) is 3.07. The highest BCUT2D eigenvalue weighted by Gasteiger charge is 2.09. The van der Waals surface area contributed by atoms with Gasteiger partial charge in [-0.1, -0.05) is 42.8 Å². The number of ether oxygens (including phenoxy) is 2. The Bertz CT molecular complexity index is 979. The summed E-state index contributed by atoms with van der Waals surface area (Å²) in [6.07, 6.45) is 1.86. The lowest BCUT2D eigenvalue weighted by atomic mass is 10.1. The first-order valence-corrected chi connectivity index (χ1v) is 10.4. The molecule has 0 aliphatic heterocycles. The first-order valence-electron chi connectivity index (χ1n) is 9.95. The number of H-pyrrole nitrogens is 1. The van der Waals surface area contributed by atoms with E-state index >= 15 is 0 Å². The van der Waals surface area contributed by atoms with Crippen LogP contribution >= 0.6 is 12.2 Å². The highest BCUT2D eigenvalue weighted by Crippen LogP contribution is 2.29. The third-order valence-electron chi connectivity index (χ3n) is 4.48. The minimum atomic E-state index is 0.502. The quantitative estimate of drug-likeness (QED) is 0.463. The summed E-state index contributed by atoms with van der Waals surface area (Å²) in [5, 5.41) is 7.12. The zero-order valence-corrected chi connectivity index (χ0v) is 18.0. The molecule has 0 spiro atoms. The van der Waals surface area contributed by atoms with Crippen molar-refractivity contribution in [1.29, 1.82) is 0 Å². The molecule has 0 aliphatic carbocycles. The Balaban J connectivity index is 1.69. The third kappa shape index (κ3) is 5.60. The number of nitrogens with one attached hydrogen (secondary N) is 2. The van der Waals surface area contributed by atoms with Crippen molar-refractivity contribution in [3.05, 3.63) is 69.8 Å². The van der Waals surface area contributed by atoms with Gasteiger partial charge < -0.3 is 14.9 Å². The van der Waals surface area contributed by atoms with Gasteiger partial charge in [0, 0.05) is 6.42 Å². The van der Waals surface area contributed by atoms with Gasteiger partial charge in [-0.2, -0.15) is 5.10 Å². The molecular formula is C22H28N4O2S. The SMILES string of the molecule is CCCc1n[nH]c(=S)n1NCc1ccc(OCc2ccc(C)cc2)c(OCC)c1. The molecule has 6 nitrogen and oxygen atoms in total. The molecule has 7 heteroatoms. The zero-order chi connectivity index (χ0) is 20.6. The minimum Gasteiger partial charge on any atom is -0.490 e. The van der Waals surface area contributed by atoms with Gasteiger partial charge in [0.15, 0.2) is 17.3 Å². The van der Waals surface area contributed by atoms with Gasteiger partial charge >= 0.3 is 0 Å². The summed E-state index contributed by atoms with van der Waals surface area (Å²) in [5.41, 5.74) is 6.77. The number of hydrogen-bond donors (Lipinski definition) is 2. The molecule has 2 aromatic carbocycles. The van der Waals surface area contributed by atoms with Crippen molar-refractivity contribution in [2.45, 2.75) is 46.8 Å². The lowest BCUT2D eigenvalue weighted by molar-refractivity contribution is 0.269. The van der Waals surface area contributed by atoms with E-state index in [2.05, 4.69) is 53.7 Å². The van der Waals surface area contributed by atoms with Crippen molar-refractivity contribution in [3.63, 3.8) is 0 Å². The van der Waals surface area contributed by atoms with Crippen molar-refractivity contribution in [2.75, 3.05) is 12.0 Å². The Hall–Kier alpha value is -2.80. The average molecular weight is 413 g/mol. The van der Waals surface area contributed by atoms with Crippen LogP contribution in [-0.2, 0) is 19.6 Å². The largest absolute Gasteiger partial charge is 0.490 e. The molecule has 0 saturated heterocycles. The van der Waals surface area contributed by atoms with Gasteiger partial charge in [0.25, 0.3) is 0 Å². The fraction of sp³-hybridized carbons (Fsp3) is 0.364. The van der Waals surface area contributed by atoms with Gasteiger partial charge in [0.2, 0.25) is 4.77 Å². The van der Waals surface area contributed by atoms with E-state index in [0.717, 1.165) is 41.3 Å². The molecule has 0 bridgehead atoms. The van der Waals surface area contributed by atoms with Crippen LogP contribution in [0.15, 0.2) is 42.5 Å². The molecule has 29 heavy (non-hydrogen) atoms. The van der Waals surface area contributed by atoms with Crippen molar-refractivity contribution in [2.24, 2.45) is 0 Å². The van der Waals surface area contributed by atoms with E-state index in [4.69, 9.17) is 21.7 Å². The summed E-state index contributed by atoms with van der Waals surface area (Å²) in [6, 6.07) is 14.3. The fourth-order valence-corrected chi connectivity index (χ4v) is 3.17. The molecule has 0 radical (unpaired) electrons. The maximum Gasteiger partial charge on any atom is 0.214 e. The zero-order valence-electron chi connectivity index (χ0n) is 17.2. The van der Waals surface area contributed by atoms with Crippen molar-refractivity contribution >= 4 is 12.2 Å². The molecule has 154 valence electrons. The summed E-state index contributed by atoms with van der Waals surface area (Å²) in [7, 11) is 0. The second-order valence-electron chi connectivity index (χ2n) is 6.85. The predicted octanol–water partition coefficient (Wildman–Crippen LogP) is 4.92. The molecule has 1 heterocycles. The standard InChI is InChI=1S/C22H28N4O2S/c1-4-6-21-24-25-22(29)26(21)23-14-18-11-12-19(20(13-18)27-5-2)28-15-17-9-7-16(3)8-10-17/h7-13,23H,4-6,14-15H2,1-3H3,(H,25,29). The van der Waals surface area contributed by atoms with Crippen molar-refractivity contribution < 1.29 is 9.47 Å². The monoisotopic (exact) mass is 412 g/mol. The molecule has 0 amide bonds. The summed E-state index contributed by atoms with van der Waals surface area (Å²) in [4.78, 5) is 0. The summed E-state index contributed by atoms with van der Waals surface area (Å²) < 4.78 is 14.2. The number of aromatic amines is 1. The topological polar surface area (TPSA) is 64.1 Å². The second-order valence-corrected chi connectivity index (χ2v) is 7.24. The second kappa shape index (κ2) is 10.1. The molecule has 0 unspecified atom stereocenters. The molecule has 0 fully saturated rings. The van der Waals surface area contributed by atoms with Crippen LogP contribution in [0.4, 0.5) is 0 Å². The number of aromatic nitrogens is 3. The molecule has 2 N–H and O–H groups in total. The van der Waals surface area contributed by atoms with E-state index in [0.29, 0.717) is 24.5 Å². The van der Waals surface area contributed by atoms with Crippen LogP contribution in [0.5, 0.6) is 11.5 Å². The van der Waals surface area contributed by atoms with Crippen molar-refractivity contribution in [1.82, 2.24) is 14.9 Å². The van der Waals surface area contributed by atoms with E-state index in [1.165, 1.54) is 5.56 Å². The van der Waals surface area contributed by atoms with Crippen LogP contribution in [0.2, 0.25) is 0 Å². The van der Waals surface area contributed by atoms with E-state index in [-0.39, 0.29) is 0 Å². The molecule has 0 aliphatic rings. The van der Waals surface area contributed by atoms with Crippen LogP contribution in [0.3, 0.4) is 0 Å². The molecule has 1 aromatic heterocycles.